The van der Waals surface area contributed by atoms with E-state index in [0.29, 0.717) is 26.3 Å². The third kappa shape index (κ3) is 3.96. The van der Waals surface area contributed by atoms with E-state index >= 15 is 0 Å². The Morgan fingerprint density at radius 3 is 2.72 bits per heavy atom. The van der Waals surface area contributed by atoms with E-state index in [1.165, 1.54) is 0 Å². The molecule has 1 heterocycles. The van der Waals surface area contributed by atoms with Crippen molar-refractivity contribution >= 4 is 11.8 Å². The second-order valence-corrected chi connectivity index (χ2v) is 4.53. The lowest BCUT2D eigenvalue weighted by atomic mass is 10.1. The maximum absolute atomic E-state index is 12.3. The second kappa shape index (κ2) is 7.33. The summed E-state index contributed by atoms with van der Waals surface area (Å²) in [4.78, 5) is 25.2. The minimum atomic E-state index is -0.256. The third-order valence-electron chi connectivity index (χ3n) is 3.09. The van der Waals surface area contributed by atoms with Crippen LogP contribution < -0.4 is 5.32 Å². The van der Waals surface area contributed by atoms with Crippen LogP contribution in [0.15, 0.2) is 0 Å². The van der Waals surface area contributed by atoms with Crippen LogP contribution in [-0.4, -0.2) is 63.3 Å². The predicted octanol–water partition coefficient (Wildman–Crippen LogP) is -0.368. The van der Waals surface area contributed by atoms with Gasteiger partial charge in [-0.1, -0.05) is 0 Å². The van der Waals surface area contributed by atoms with Crippen molar-refractivity contribution in [2.45, 2.75) is 19.4 Å². The quantitative estimate of drug-likeness (QED) is 0.676. The van der Waals surface area contributed by atoms with Crippen LogP contribution in [0.25, 0.3) is 0 Å². The van der Waals surface area contributed by atoms with Gasteiger partial charge in [-0.25, -0.2) is 0 Å². The zero-order valence-corrected chi connectivity index (χ0v) is 11.3. The van der Waals surface area contributed by atoms with Crippen LogP contribution >= 0.6 is 0 Å². The van der Waals surface area contributed by atoms with Crippen LogP contribution in [0.2, 0.25) is 0 Å². The first-order chi connectivity index (χ1) is 8.60. The molecule has 2 amide bonds. The number of carbonyl (C=O) groups excluding carboxylic acids is 2. The van der Waals surface area contributed by atoms with E-state index < -0.39 is 0 Å². The topological polar surface area (TPSA) is 67.9 Å². The lowest BCUT2D eigenvalue weighted by Crippen LogP contribution is -2.46. The SMILES string of the molecule is COCCN(C(=O)C1CNC(=O)C1)C(C)COC. The molecule has 6 heteroatoms. The number of amides is 2. The molecule has 2 atom stereocenters. The molecule has 0 spiro atoms. The lowest BCUT2D eigenvalue weighted by molar-refractivity contribution is -0.139. The van der Waals surface area contributed by atoms with Crippen molar-refractivity contribution in [3.8, 4) is 0 Å². The molecule has 1 fully saturated rings. The second-order valence-electron chi connectivity index (χ2n) is 4.53. The summed E-state index contributed by atoms with van der Waals surface area (Å²) in [6.45, 7) is 3.84. The number of rotatable bonds is 7. The average Bonchev–Trinajstić information content (AvgIpc) is 2.76. The summed E-state index contributed by atoms with van der Waals surface area (Å²) in [7, 11) is 3.21. The van der Waals surface area contributed by atoms with E-state index in [1.807, 2.05) is 6.92 Å². The number of hydrogen-bond donors (Lipinski definition) is 1. The molecular weight excluding hydrogens is 236 g/mol. The fourth-order valence-corrected chi connectivity index (χ4v) is 2.08. The number of methoxy groups -OCH3 is 2. The molecule has 1 saturated heterocycles. The molecule has 2 unspecified atom stereocenters. The minimum absolute atomic E-state index is 0.00468. The first-order valence-electron chi connectivity index (χ1n) is 6.15. The monoisotopic (exact) mass is 258 g/mol. The van der Waals surface area contributed by atoms with Crippen molar-refractivity contribution in [2.24, 2.45) is 5.92 Å². The van der Waals surface area contributed by atoms with Gasteiger partial charge in [-0.05, 0) is 6.92 Å². The van der Waals surface area contributed by atoms with E-state index in [4.69, 9.17) is 9.47 Å². The Morgan fingerprint density at radius 1 is 1.50 bits per heavy atom. The number of ether oxygens (including phenoxy) is 2. The first kappa shape index (κ1) is 14.9. The summed E-state index contributed by atoms with van der Waals surface area (Å²) in [5.41, 5.74) is 0. The van der Waals surface area contributed by atoms with Gasteiger partial charge in [0.1, 0.15) is 0 Å². The van der Waals surface area contributed by atoms with E-state index in [-0.39, 0.29) is 30.2 Å². The maximum atomic E-state index is 12.3. The van der Waals surface area contributed by atoms with E-state index in [9.17, 15) is 9.59 Å². The van der Waals surface area contributed by atoms with Gasteiger partial charge in [0.15, 0.2) is 0 Å². The van der Waals surface area contributed by atoms with Crippen LogP contribution in [0, 0.1) is 5.92 Å². The molecule has 1 aliphatic rings. The normalized spacial score (nSPS) is 20.6. The van der Waals surface area contributed by atoms with Gasteiger partial charge < -0.3 is 19.7 Å². The zero-order valence-electron chi connectivity index (χ0n) is 11.3. The Morgan fingerprint density at radius 2 is 2.22 bits per heavy atom. The van der Waals surface area contributed by atoms with Crippen LogP contribution in [0.3, 0.4) is 0 Å². The Labute approximate surface area is 108 Å². The average molecular weight is 258 g/mol. The molecule has 0 aromatic rings. The molecule has 0 aromatic carbocycles. The number of hydrogen-bond acceptors (Lipinski definition) is 4. The Bertz CT molecular complexity index is 296. The van der Waals surface area contributed by atoms with Crippen molar-refractivity contribution in [3.05, 3.63) is 0 Å². The van der Waals surface area contributed by atoms with Gasteiger partial charge in [0.2, 0.25) is 11.8 Å². The van der Waals surface area contributed by atoms with Crippen LogP contribution in [0.5, 0.6) is 0 Å². The van der Waals surface area contributed by atoms with Crippen LogP contribution in [-0.2, 0) is 19.1 Å². The number of nitrogens with one attached hydrogen (secondary N) is 1. The Hall–Kier alpha value is -1.14. The number of nitrogens with zero attached hydrogens (tertiary/aromatic N) is 1. The van der Waals surface area contributed by atoms with Gasteiger partial charge in [0.25, 0.3) is 0 Å². The molecule has 1 rings (SSSR count). The molecule has 104 valence electrons. The lowest BCUT2D eigenvalue weighted by Gasteiger charge is -2.30. The molecule has 0 aliphatic carbocycles. The largest absolute Gasteiger partial charge is 0.383 e. The van der Waals surface area contributed by atoms with Crippen molar-refractivity contribution < 1.29 is 19.1 Å². The molecule has 6 nitrogen and oxygen atoms in total. The summed E-state index contributed by atoms with van der Waals surface area (Å²) in [5.74, 6) is -0.317. The Balaban J connectivity index is 2.62. The van der Waals surface area contributed by atoms with Gasteiger partial charge in [0.05, 0.1) is 25.2 Å². The van der Waals surface area contributed by atoms with Crippen molar-refractivity contribution in [3.63, 3.8) is 0 Å². The smallest absolute Gasteiger partial charge is 0.228 e. The summed E-state index contributed by atoms with van der Waals surface area (Å²) in [6, 6.07) is -0.0200. The summed E-state index contributed by atoms with van der Waals surface area (Å²) < 4.78 is 10.1. The fraction of sp³-hybridized carbons (Fsp3) is 0.833. The summed E-state index contributed by atoms with van der Waals surface area (Å²) in [5, 5.41) is 2.68. The van der Waals surface area contributed by atoms with Gasteiger partial charge in [-0.15, -0.1) is 0 Å². The minimum Gasteiger partial charge on any atom is -0.383 e. The fourth-order valence-electron chi connectivity index (χ4n) is 2.08. The van der Waals surface area contributed by atoms with Gasteiger partial charge in [-0.2, -0.15) is 0 Å². The molecule has 0 saturated carbocycles. The standard InChI is InChI=1S/C12H22N2O4/c1-9(8-18-3)14(4-5-17-2)12(16)10-6-11(15)13-7-10/h9-10H,4-8H2,1-3H3,(H,13,15). The molecular formula is C12H22N2O4. The van der Waals surface area contributed by atoms with Crippen LogP contribution in [0.1, 0.15) is 13.3 Å². The maximum Gasteiger partial charge on any atom is 0.228 e. The highest BCUT2D eigenvalue weighted by molar-refractivity contribution is 5.89. The van der Waals surface area contributed by atoms with E-state index in [1.54, 1.807) is 19.1 Å². The molecule has 18 heavy (non-hydrogen) atoms. The summed E-state index contributed by atoms with van der Waals surface area (Å²) in [6.07, 6.45) is 0.280. The molecule has 1 N–H and O–H groups in total. The van der Waals surface area contributed by atoms with Crippen molar-refractivity contribution in [2.75, 3.05) is 40.5 Å². The van der Waals surface area contributed by atoms with E-state index in [2.05, 4.69) is 5.32 Å². The highest BCUT2D eigenvalue weighted by atomic mass is 16.5. The zero-order chi connectivity index (χ0) is 13.5. The highest BCUT2D eigenvalue weighted by Gasteiger charge is 2.32. The van der Waals surface area contributed by atoms with Gasteiger partial charge >= 0.3 is 0 Å². The Kier molecular flexibility index (Phi) is 6.07. The van der Waals surface area contributed by atoms with E-state index in [0.717, 1.165) is 0 Å². The molecule has 1 aliphatic heterocycles. The molecule has 0 aromatic heterocycles. The third-order valence-corrected chi connectivity index (χ3v) is 3.09. The van der Waals surface area contributed by atoms with Crippen molar-refractivity contribution in [1.29, 1.82) is 0 Å². The van der Waals surface area contributed by atoms with Gasteiger partial charge in [0, 0.05) is 33.7 Å². The predicted molar refractivity (Wildman–Crippen MR) is 66.0 cm³/mol. The van der Waals surface area contributed by atoms with Crippen molar-refractivity contribution in [1.82, 2.24) is 10.2 Å². The highest BCUT2D eigenvalue weighted by Crippen LogP contribution is 2.15. The van der Waals surface area contributed by atoms with Gasteiger partial charge in [-0.3, -0.25) is 9.59 Å². The molecule has 0 radical (unpaired) electrons. The summed E-state index contributed by atoms with van der Waals surface area (Å²) >= 11 is 0. The number of carbonyl (C=O) groups is 2. The molecule has 0 bridgehead atoms. The van der Waals surface area contributed by atoms with Crippen LogP contribution in [0.4, 0.5) is 0 Å². The first-order valence-corrected chi connectivity index (χ1v) is 6.15.